The van der Waals surface area contributed by atoms with Crippen molar-refractivity contribution in [2.45, 2.75) is 6.82 Å². The van der Waals surface area contributed by atoms with Gasteiger partial charge in [-0.1, -0.05) is 30.5 Å². The van der Waals surface area contributed by atoms with Crippen LogP contribution in [-0.4, -0.2) is 19.2 Å². The molecule has 0 aromatic heterocycles. The maximum atomic E-state index is 11.4. The van der Waals surface area contributed by atoms with E-state index in [4.69, 9.17) is 0 Å². The summed E-state index contributed by atoms with van der Waals surface area (Å²) in [6.45, 7) is 2.08. The molecule has 0 radical (unpaired) electrons. The van der Waals surface area contributed by atoms with Crippen LogP contribution in [0.5, 0.6) is 0 Å². The Bertz CT molecular complexity index is 661. The first kappa shape index (κ1) is 10.1. The van der Waals surface area contributed by atoms with Crippen LogP contribution >= 0.6 is 0 Å². The van der Waals surface area contributed by atoms with Gasteiger partial charge in [0.05, 0.1) is 11.1 Å². The Morgan fingerprint density at radius 3 is 2.24 bits per heavy atom. The summed E-state index contributed by atoms with van der Waals surface area (Å²) in [6.07, 6.45) is 0. The van der Waals surface area contributed by atoms with Gasteiger partial charge in [-0.2, -0.15) is 0 Å². The van der Waals surface area contributed by atoms with E-state index in [9.17, 15) is 9.59 Å². The van der Waals surface area contributed by atoms with E-state index in [0.717, 1.165) is 18.1 Å². The summed E-state index contributed by atoms with van der Waals surface area (Å²) in [5, 5.41) is 1.92. The van der Waals surface area contributed by atoms with Gasteiger partial charge in [0.2, 0.25) is 0 Å². The number of cyclic esters (lactones) is 2. The van der Waals surface area contributed by atoms with Gasteiger partial charge in [-0.05, 0) is 22.9 Å². The molecule has 2 aromatic carbocycles. The Morgan fingerprint density at radius 2 is 1.59 bits per heavy atom. The number of carbonyl (C=O) groups is 2. The first-order chi connectivity index (χ1) is 8.19. The van der Waals surface area contributed by atoms with Crippen LogP contribution in [0.25, 0.3) is 10.8 Å². The van der Waals surface area contributed by atoms with E-state index < -0.39 is 11.9 Å². The molecule has 0 bridgehead atoms. The first-order valence-corrected chi connectivity index (χ1v) is 5.52. The molecule has 4 heteroatoms. The average molecular weight is 224 g/mol. The van der Waals surface area contributed by atoms with E-state index in [1.807, 2.05) is 18.2 Å². The molecule has 0 amide bonds. The molecule has 0 unspecified atom stereocenters. The van der Waals surface area contributed by atoms with Crippen molar-refractivity contribution in [2.75, 3.05) is 0 Å². The molecule has 1 aliphatic heterocycles. The molecule has 2 aromatic rings. The Balaban J connectivity index is 2.31. The van der Waals surface area contributed by atoms with Gasteiger partial charge in [0.1, 0.15) is 0 Å². The van der Waals surface area contributed by atoms with Crippen molar-refractivity contribution in [3.8, 4) is 0 Å². The highest BCUT2D eigenvalue weighted by atomic mass is 16.6. The SMILES string of the molecule is CBc1ccc2cc3c(cc2c1)C(=O)OC3=O. The third kappa shape index (κ3) is 1.45. The van der Waals surface area contributed by atoms with Gasteiger partial charge < -0.3 is 4.74 Å². The quantitative estimate of drug-likeness (QED) is 0.416. The zero-order valence-corrected chi connectivity index (χ0v) is 9.32. The number of fused-ring (bicyclic) bond motifs is 2. The van der Waals surface area contributed by atoms with E-state index in [-0.39, 0.29) is 0 Å². The van der Waals surface area contributed by atoms with E-state index >= 15 is 0 Å². The standard InChI is InChI=1S/C13H9BO3/c1-14-9-3-2-7-5-10-11(6-8(7)4-9)13(16)17-12(10)15/h2-6,14H,1H3. The van der Waals surface area contributed by atoms with Crippen molar-refractivity contribution < 1.29 is 14.3 Å². The molecular weight excluding hydrogens is 215 g/mol. The fourth-order valence-corrected chi connectivity index (χ4v) is 2.10. The second-order valence-corrected chi connectivity index (χ2v) is 4.11. The molecule has 3 nitrogen and oxygen atoms in total. The van der Waals surface area contributed by atoms with Crippen LogP contribution in [0.15, 0.2) is 30.3 Å². The highest BCUT2D eigenvalue weighted by Crippen LogP contribution is 2.25. The van der Waals surface area contributed by atoms with E-state index in [0.29, 0.717) is 11.1 Å². The van der Waals surface area contributed by atoms with Gasteiger partial charge >= 0.3 is 11.9 Å². The molecule has 1 aliphatic rings. The van der Waals surface area contributed by atoms with Crippen LogP contribution in [0.3, 0.4) is 0 Å². The molecule has 0 saturated carbocycles. The van der Waals surface area contributed by atoms with Gasteiger partial charge in [0.15, 0.2) is 7.28 Å². The third-order valence-corrected chi connectivity index (χ3v) is 3.07. The predicted octanol–water partition coefficient (Wildman–Crippen LogP) is 1.26. The monoisotopic (exact) mass is 224 g/mol. The second-order valence-electron chi connectivity index (χ2n) is 4.11. The Hall–Kier alpha value is -2.10. The van der Waals surface area contributed by atoms with Crippen molar-refractivity contribution in [2.24, 2.45) is 0 Å². The number of benzene rings is 2. The maximum absolute atomic E-state index is 11.4. The Labute approximate surface area is 98.6 Å². The zero-order chi connectivity index (χ0) is 12.0. The fourth-order valence-electron chi connectivity index (χ4n) is 2.10. The van der Waals surface area contributed by atoms with Gasteiger partial charge in [0, 0.05) is 0 Å². The lowest BCUT2D eigenvalue weighted by atomic mass is 9.73. The first-order valence-electron chi connectivity index (χ1n) is 5.52. The minimum atomic E-state index is -0.550. The molecule has 0 fully saturated rings. The lowest BCUT2D eigenvalue weighted by molar-refractivity contribution is 0.0444. The minimum absolute atomic E-state index is 0.367. The van der Waals surface area contributed by atoms with Gasteiger partial charge in [-0.15, -0.1) is 0 Å². The molecule has 0 N–H and O–H groups in total. The topological polar surface area (TPSA) is 43.4 Å². The van der Waals surface area contributed by atoms with Crippen molar-refractivity contribution >= 4 is 35.5 Å². The summed E-state index contributed by atoms with van der Waals surface area (Å²) < 4.78 is 4.58. The lowest BCUT2D eigenvalue weighted by Gasteiger charge is -2.02. The van der Waals surface area contributed by atoms with Crippen LogP contribution in [-0.2, 0) is 4.74 Å². The Morgan fingerprint density at radius 1 is 0.941 bits per heavy atom. The number of esters is 2. The summed E-state index contributed by atoms with van der Waals surface area (Å²) >= 11 is 0. The van der Waals surface area contributed by atoms with Crippen molar-refractivity contribution in [3.63, 3.8) is 0 Å². The third-order valence-electron chi connectivity index (χ3n) is 3.07. The largest absolute Gasteiger partial charge is 0.386 e. The molecule has 0 saturated heterocycles. The highest BCUT2D eigenvalue weighted by Gasteiger charge is 2.29. The smallest absolute Gasteiger partial charge is 0.346 e. The number of hydrogen-bond donors (Lipinski definition) is 0. The predicted molar refractivity (Wildman–Crippen MR) is 66.3 cm³/mol. The molecule has 0 atom stereocenters. The van der Waals surface area contributed by atoms with Gasteiger partial charge in [0.25, 0.3) is 0 Å². The second kappa shape index (κ2) is 3.45. The zero-order valence-electron chi connectivity index (χ0n) is 9.32. The van der Waals surface area contributed by atoms with Crippen LogP contribution in [0, 0.1) is 0 Å². The highest BCUT2D eigenvalue weighted by molar-refractivity contribution is 6.52. The van der Waals surface area contributed by atoms with Gasteiger partial charge in [-0.3, -0.25) is 0 Å². The summed E-state index contributed by atoms with van der Waals surface area (Å²) in [4.78, 5) is 22.8. The summed E-state index contributed by atoms with van der Waals surface area (Å²) in [6, 6.07) is 9.47. The average Bonchev–Trinajstić information content (AvgIpc) is 2.62. The molecule has 0 aliphatic carbocycles. The summed E-state index contributed by atoms with van der Waals surface area (Å²) in [5.74, 6) is -1.10. The van der Waals surface area contributed by atoms with Crippen LogP contribution in [0.1, 0.15) is 20.7 Å². The number of carbonyl (C=O) groups excluding carboxylic acids is 2. The normalized spacial score (nSPS) is 13.7. The van der Waals surface area contributed by atoms with E-state index in [1.165, 1.54) is 5.46 Å². The molecule has 1 heterocycles. The number of ether oxygens (including phenoxy) is 1. The summed E-state index contributed by atoms with van der Waals surface area (Å²) in [5.41, 5.74) is 1.94. The van der Waals surface area contributed by atoms with Crippen molar-refractivity contribution in [1.82, 2.24) is 0 Å². The van der Waals surface area contributed by atoms with Crippen LogP contribution < -0.4 is 5.46 Å². The van der Waals surface area contributed by atoms with Crippen LogP contribution in [0.4, 0.5) is 0 Å². The van der Waals surface area contributed by atoms with Crippen molar-refractivity contribution in [1.29, 1.82) is 0 Å². The Kier molecular flexibility index (Phi) is 2.05. The maximum Gasteiger partial charge on any atom is 0.346 e. The van der Waals surface area contributed by atoms with Crippen LogP contribution in [0.2, 0.25) is 6.82 Å². The summed E-state index contributed by atoms with van der Waals surface area (Å²) in [7, 11) is 0.941. The van der Waals surface area contributed by atoms with Gasteiger partial charge in [-0.25, -0.2) is 9.59 Å². The van der Waals surface area contributed by atoms with E-state index in [2.05, 4.69) is 11.6 Å². The molecule has 0 spiro atoms. The van der Waals surface area contributed by atoms with Crippen molar-refractivity contribution in [3.05, 3.63) is 41.5 Å². The molecule has 3 rings (SSSR count). The molecular formula is C13H9BO3. The van der Waals surface area contributed by atoms with E-state index in [1.54, 1.807) is 12.1 Å². The minimum Gasteiger partial charge on any atom is -0.386 e. The number of rotatable bonds is 1. The fraction of sp³-hybridized carbons (Fsp3) is 0.0769. The molecule has 82 valence electrons. The molecule has 17 heavy (non-hydrogen) atoms. The lowest BCUT2D eigenvalue weighted by Crippen LogP contribution is -2.09. The number of hydrogen-bond acceptors (Lipinski definition) is 3.